The highest BCUT2D eigenvalue weighted by Gasteiger charge is 2.37. The molecule has 1 atom stereocenters. The Morgan fingerprint density at radius 1 is 1.34 bits per heavy atom. The van der Waals surface area contributed by atoms with Crippen LogP contribution in [0.3, 0.4) is 0 Å². The van der Waals surface area contributed by atoms with Crippen LogP contribution in [0.5, 0.6) is 0 Å². The van der Waals surface area contributed by atoms with Gasteiger partial charge in [-0.2, -0.15) is 18.4 Å². The fourth-order valence-corrected chi connectivity index (χ4v) is 3.10. The Labute approximate surface area is 166 Å². The number of nitrogens with zero attached hydrogens (tertiary/aromatic N) is 3. The quantitative estimate of drug-likeness (QED) is 0.707. The second-order valence-electron chi connectivity index (χ2n) is 6.33. The molecule has 2 N–H and O–H groups in total. The number of ether oxygens (including phenoxy) is 1. The number of nitrogens with one attached hydrogen (secondary N) is 2. The van der Waals surface area contributed by atoms with E-state index in [0.29, 0.717) is 0 Å². The predicted molar refractivity (Wildman–Crippen MR) is 98.2 cm³/mol. The third kappa shape index (κ3) is 5.29. The zero-order valence-corrected chi connectivity index (χ0v) is 16.0. The van der Waals surface area contributed by atoms with E-state index >= 15 is 0 Å². The second kappa shape index (κ2) is 9.47. The number of benzene rings is 1. The van der Waals surface area contributed by atoms with Crippen molar-refractivity contribution in [3.63, 3.8) is 0 Å². The first-order chi connectivity index (χ1) is 13.7. The van der Waals surface area contributed by atoms with Crippen molar-refractivity contribution >= 4 is 17.6 Å². The van der Waals surface area contributed by atoms with Gasteiger partial charge in [0.15, 0.2) is 0 Å². The van der Waals surface area contributed by atoms with E-state index in [2.05, 4.69) is 10.6 Å². The van der Waals surface area contributed by atoms with Gasteiger partial charge in [0, 0.05) is 39.5 Å². The number of amides is 3. The standard InChI is InChI=1S/C18H22F3N5O3/c1-23-17(28)25-6-7-26(15(11-25)16(27)24-5-8-29-2)13-4-3-12(10-22)14(9-13)18(19,20)21/h3-4,9,15H,5-8,11H2,1-2H3,(H,23,28)(H,24,27). The van der Waals surface area contributed by atoms with Crippen LogP contribution < -0.4 is 15.5 Å². The summed E-state index contributed by atoms with van der Waals surface area (Å²) in [5, 5.41) is 14.1. The number of carbonyl (C=O) groups excluding carboxylic acids is 2. The number of urea groups is 1. The Morgan fingerprint density at radius 2 is 2.07 bits per heavy atom. The third-order valence-corrected chi connectivity index (χ3v) is 4.55. The minimum absolute atomic E-state index is 0.000157. The van der Waals surface area contributed by atoms with Gasteiger partial charge in [0.05, 0.1) is 30.3 Å². The topological polar surface area (TPSA) is 97.7 Å². The molecule has 29 heavy (non-hydrogen) atoms. The number of nitriles is 1. The van der Waals surface area contributed by atoms with Crippen molar-refractivity contribution in [3.8, 4) is 6.07 Å². The summed E-state index contributed by atoms with van der Waals surface area (Å²) >= 11 is 0. The van der Waals surface area contributed by atoms with Crippen molar-refractivity contribution < 1.29 is 27.5 Å². The smallest absolute Gasteiger partial charge is 0.383 e. The molecule has 11 heteroatoms. The van der Waals surface area contributed by atoms with Crippen LogP contribution in [0, 0.1) is 11.3 Å². The zero-order chi connectivity index (χ0) is 21.6. The molecular weight excluding hydrogens is 391 g/mol. The number of hydrogen-bond acceptors (Lipinski definition) is 5. The minimum Gasteiger partial charge on any atom is -0.383 e. The van der Waals surface area contributed by atoms with Gasteiger partial charge >= 0.3 is 12.2 Å². The highest BCUT2D eigenvalue weighted by molar-refractivity contribution is 5.87. The van der Waals surface area contributed by atoms with E-state index in [1.807, 2.05) is 0 Å². The van der Waals surface area contributed by atoms with Crippen LogP contribution in [-0.2, 0) is 15.7 Å². The van der Waals surface area contributed by atoms with Gasteiger partial charge in [-0.15, -0.1) is 0 Å². The van der Waals surface area contributed by atoms with Crippen LogP contribution in [0.25, 0.3) is 0 Å². The van der Waals surface area contributed by atoms with E-state index in [9.17, 15) is 22.8 Å². The number of rotatable bonds is 5. The monoisotopic (exact) mass is 413 g/mol. The first kappa shape index (κ1) is 22.3. The lowest BCUT2D eigenvalue weighted by atomic mass is 10.0. The van der Waals surface area contributed by atoms with Crippen molar-refractivity contribution in [1.82, 2.24) is 15.5 Å². The van der Waals surface area contributed by atoms with E-state index < -0.39 is 29.3 Å². The number of alkyl halides is 3. The molecule has 1 aromatic carbocycles. The molecule has 2 rings (SSSR count). The molecule has 158 valence electrons. The van der Waals surface area contributed by atoms with Gasteiger partial charge in [0.25, 0.3) is 0 Å². The number of halogens is 3. The molecule has 1 unspecified atom stereocenters. The van der Waals surface area contributed by atoms with Crippen LogP contribution in [0.15, 0.2) is 18.2 Å². The summed E-state index contributed by atoms with van der Waals surface area (Å²) in [6.07, 6.45) is -4.71. The van der Waals surface area contributed by atoms with Gasteiger partial charge in [-0.3, -0.25) is 4.79 Å². The van der Waals surface area contributed by atoms with Crippen molar-refractivity contribution in [2.45, 2.75) is 12.2 Å². The zero-order valence-electron chi connectivity index (χ0n) is 16.0. The van der Waals surface area contributed by atoms with Crippen molar-refractivity contribution in [3.05, 3.63) is 29.3 Å². The number of methoxy groups -OCH3 is 1. The Kier molecular flexibility index (Phi) is 7.28. The number of anilines is 1. The average Bonchev–Trinajstić information content (AvgIpc) is 2.71. The molecule has 0 bridgehead atoms. The highest BCUT2D eigenvalue weighted by atomic mass is 19.4. The molecule has 0 aliphatic carbocycles. The molecule has 1 aliphatic heterocycles. The van der Waals surface area contributed by atoms with E-state index in [1.54, 1.807) is 0 Å². The summed E-state index contributed by atoms with van der Waals surface area (Å²) in [7, 11) is 2.93. The number of hydrogen-bond donors (Lipinski definition) is 2. The molecule has 0 aromatic heterocycles. The molecule has 0 radical (unpaired) electrons. The fourth-order valence-electron chi connectivity index (χ4n) is 3.10. The second-order valence-corrected chi connectivity index (χ2v) is 6.33. The van der Waals surface area contributed by atoms with Crippen molar-refractivity contribution in [2.24, 2.45) is 0 Å². The van der Waals surface area contributed by atoms with Gasteiger partial charge in [0.1, 0.15) is 6.04 Å². The molecule has 1 aliphatic rings. The number of piperazine rings is 1. The van der Waals surface area contributed by atoms with Gasteiger partial charge in [-0.1, -0.05) is 0 Å². The Bertz CT molecular complexity index is 794. The first-order valence-corrected chi connectivity index (χ1v) is 8.84. The maximum Gasteiger partial charge on any atom is 0.417 e. The van der Waals surface area contributed by atoms with Gasteiger partial charge in [-0.05, 0) is 18.2 Å². The fraction of sp³-hybridized carbons (Fsp3) is 0.500. The highest BCUT2D eigenvalue weighted by Crippen LogP contribution is 2.35. The largest absolute Gasteiger partial charge is 0.417 e. The molecule has 1 fully saturated rings. The Balaban J connectivity index is 2.36. The SMILES string of the molecule is CNC(=O)N1CCN(c2ccc(C#N)c(C(F)(F)F)c2)C(C(=O)NCCOC)C1. The average molecular weight is 413 g/mol. The number of carbonyl (C=O) groups is 2. The molecule has 3 amide bonds. The lowest BCUT2D eigenvalue weighted by Gasteiger charge is -2.41. The maximum atomic E-state index is 13.3. The summed E-state index contributed by atoms with van der Waals surface area (Å²) in [5.74, 6) is -0.437. The summed E-state index contributed by atoms with van der Waals surface area (Å²) in [6, 6.07) is 3.59. The van der Waals surface area contributed by atoms with Crippen LogP contribution in [0.1, 0.15) is 11.1 Å². The van der Waals surface area contributed by atoms with Crippen molar-refractivity contribution in [1.29, 1.82) is 5.26 Å². The molecular formula is C18H22F3N5O3. The summed E-state index contributed by atoms with van der Waals surface area (Å²) in [6.45, 7) is 0.870. The van der Waals surface area contributed by atoms with Crippen LogP contribution in [0.4, 0.5) is 23.7 Å². The van der Waals surface area contributed by atoms with Gasteiger partial charge in [0.2, 0.25) is 5.91 Å². The van der Waals surface area contributed by atoms with Crippen molar-refractivity contribution in [2.75, 3.05) is 51.8 Å². The summed E-state index contributed by atoms with van der Waals surface area (Å²) in [5.41, 5.74) is -1.41. The molecule has 1 heterocycles. The predicted octanol–water partition coefficient (Wildman–Crippen LogP) is 1.17. The summed E-state index contributed by atoms with van der Waals surface area (Å²) in [4.78, 5) is 27.6. The lowest BCUT2D eigenvalue weighted by molar-refractivity contribution is -0.137. The third-order valence-electron chi connectivity index (χ3n) is 4.55. The van der Waals surface area contributed by atoms with Gasteiger partial charge in [-0.25, -0.2) is 4.79 Å². The molecule has 0 saturated carbocycles. The van der Waals surface area contributed by atoms with E-state index in [4.69, 9.17) is 10.00 Å². The summed E-state index contributed by atoms with van der Waals surface area (Å²) < 4.78 is 44.9. The van der Waals surface area contributed by atoms with Crippen LogP contribution in [0.2, 0.25) is 0 Å². The molecule has 0 spiro atoms. The van der Waals surface area contributed by atoms with E-state index in [-0.39, 0.29) is 44.5 Å². The van der Waals surface area contributed by atoms with Crippen LogP contribution in [-0.4, -0.2) is 69.8 Å². The normalized spacial score (nSPS) is 16.9. The Morgan fingerprint density at radius 3 is 2.66 bits per heavy atom. The minimum atomic E-state index is -4.71. The maximum absolute atomic E-state index is 13.3. The first-order valence-electron chi connectivity index (χ1n) is 8.84. The van der Waals surface area contributed by atoms with E-state index in [1.165, 1.54) is 36.1 Å². The Hall–Kier alpha value is -3.00. The van der Waals surface area contributed by atoms with E-state index in [0.717, 1.165) is 12.1 Å². The lowest BCUT2D eigenvalue weighted by Crippen LogP contribution is -2.61. The van der Waals surface area contributed by atoms with Gasteiger partial charge < -0.3 is 25.2 Å². The van der Waals surface area contributed by atoms with Crippen LogP contribution >= 0.6 is 0 Å². The molecule has 8 nitrogen and oxygen atoms in total. The molecule has 1 saturated heterocycles. The molecule has 1 aromatic rings.